The number of carbonyl (C=O) groups is 1. The van der Waals surface area contributed by atoms with Crippen molar-refractivity contribution in [3.63, 3.8) is 0 Å². The Hall–Kier alpha value is -0.490. The molecule has 1 aromatic carbocycles. The van der Waals surface area contributed by atoms with Crippen molar-refractivity contribution in [1.82, 2.24) is 5.32 Å². The number of alkyl halides is 1. The van der Waals surface area contributed by atoms with E-state index in [0.717, 1.165) is 3.57 Å². The van der Waals surface area contributed by atoms with E-state index in [-0.39, 0.29) is 22.6 Å². The van der Waals surface area contributed by atoms with Crippen LogP contribution in [0.15, 0.2) is 18.2 Å². The predicted octanol–water partition coefficient (Wildman–Crippen LogP) is 2.99. The molecule has 17 heavy (non-hydrogen) atoms. The van der Waals surface area contributed by atoms with Crippen LogP contribution in [0.2, 0.25) is 0 Å². The summed E-state index contributed by atoms with van der Waals surface area (Å²) in [6.45, 7) is 4.38. The fourth-order valence-corrected chi connectivity index (χ4v) is 1.78. The largest absolute Gasteiger partial charge is 0.507 e. The second-order valence-electron chi connectivity index (χ2n) is 4.13. The molecule has 1 rings (SSSR count). The minimum Gasteiger partial charge on any atom is -0.507 e. The lowest BCUT2D eigenvalue weighted by molar-refractivity contribution is 0.0949. The molecule has 5 heteroatoms. The molecule has 0 spiro atoms. The maximum atomic E-state index is 11.8. The Kier molecular flexibility index (Phi) is 5.52. The van der Waals surface area contributed by atoms with Crippen LogP contribution in [0.1, 0.15) is 24.2 Å². The number of hydrogen-bond acceptors (Lipinski definition) is 2. The van der Waals surface area contributed by atoms with Gasteiger partial charge in [-0.3, -0.25) is 4.79 Å². The Morgan fingerprint density at radius 1 is 1.53 bits per heavy atom. The summed E-state index contributed by atoms with van der Waals surface area (Å²) >= 11 is 8.13. The standard InChI is InChI=1S/C12H15ClINO2/c1-7(2)10(13)6-15-12(17)9-5-8(14)3-4-11(9)16/h3-5,7,10,16H,6H2,1-2H3,(H,15,17). The highest BCUT2D eigenvalue weighted by atomic mass is 127. The van der Waals surface area contributed by atoms with Crippen LogP contribution in [-0.2, 0) is 0 Å². The van der Waals surface area contributed by atoms with Gasteiger partial charge in [0.15, 0.2) is 0 Å². The van der Waals surface area contributed by atoms with Crippen LogP contribution in [0.5, 0.6) is 5.75 Å². The molecule has 1 atom stereocenters. The lowest BCUT2D eigenvalue weighted by Crippen LogP contribution is -2.32. The zero-order valence-corrected chi connectivity index (χ0v) is 12.6. The van der Waals surface area contributed by atoms with Gasteiger partial charge in [0.25, 0.3) is 5.91 Å². The minimum absolute atomic E-state index is 0.0152. The van der Waals surface area contributed by atoms with Gasteiger partial charge in [-0.2, -0.15) is 0 Å². The number of benzene rings is 1. The predicted molar refractivity (Wildman–Crippen MR) is 77.6 cm³/mol. The SMILES string of the molecule is CC(C)C(Cl)CNC(=O)c1cc(I)ccc1O. The normalized spacial score (nSPS) is 12.5. The molecule has 0 aliphatic rings. The van der Waals surface area contributed by atoms with Gasteiger partial charge in [0.05, 0.1) is 10.9 Å². The topological polar surface area (TPSA) is 49.3 Å². The average molecular weight is 368 g/mol. The zero-order valence-electron chi connectivity index (χ0n) is 9.71. The third-order valence-corrected chi connectivity index (χ3v) is 3.71. The van der Waals surface area contributed by atoms with Gasteiger partial charge in [-0.25, -0.2) is 0 Å². The van der Waals surface area contributed by atoms with Gasteiger partial charge in [-0.05, 0) is 46.7 Å². The highest BCUT2D eigenvalue weighted by Gasteiger charge is 2.14. The second kappa shape index (κ2) is 6.44. The molecule has 0 aromatic heterocycles. The molecule has 94 valence electrons. The Labute approximate surface area is 120 Å². The van der Waals surface area contributed by atoms with Crippen LogP contribution in [0.4, 0.5) is 0 Å². The van der Waals surface area contributed by atoms with E-state index in [4.69, 9.17) is 11.6 Å². The maximum Gasteiger partial charge on any atom is 0.255 e. The van der Waals surface area contributed by atoms with E-state index < -0.39 is 0 Å². The fourth-order valence-electron chi connectivity index (χ4n) is 1.21. The van der Waals surface area contributed by atoms with Crippen molar-refractivity contribution in [2.75, 3.05) is 6.54 Å². The average Bonchev–Trinajstić information content (AvgIpc) is 2.28. The molecule has 1 unspecified atom stereocenters. The van der Waals surface area contributed by atoms with Crippen LogP contribution >= 0.6 is 34.2 Å². The molecule has 1 amide bonds. The van der Waals surface area contributed by atoms with Gasteiger partial charge >= 0.3 is 0 Å². The summed E-state index contributed by atoms with van der Waals surface area (Å²) in [6.07, 6.45) is 0. The van der Waals surface area contributed by atoms with Crippen molar-refractivity contribution in [2.24, 2.45) is 5.92 Å². The number of rotatable bonds is 4. The molecular formula is C12H15ClINO2. The van der Waals surface area contributed by atoms with Crippen LogP contribution in [-0.4, -0.2) is 22.9 Å². The molecule has 1 aromatic rings. The van der Waals surface area contributed by atoms with Crippen LogP contribution in [0.3, 0.4) is 0 Å². The van der Waals surface area contributed by atoms with Gasteiger partial charge in [0.1, 0.15) is 5.75 Å². The van der Waals surface area contributed by atoms with Crippen molar-refractivity contribution in [1.29, 1.82) is 0 Å². The molecule has 0 heterocycles. The number of halogens is 2. The Bertz CT molecular complexity index is 409. The number of carbonyl (C=O) groups excluding carboxylic acids is 1. The summed E-state index contributed by atoms with van der Waals surface area (Å²) in [7, 11) is 0. The van der Waals surface area contributed by atoms with E-state index in [2.05, 4.69) is 27.9 Å². The van der Waals surface area contributed by atoms with Gasteiger partial charge in [0.2, 0.25) is 0 Å². The molecule has 0 aliphatic heterocycles. The summed E-state index contributed by atoms with van der Waals surface area (Å²) in [5, 5.41) is 12.2. The highest BCUT2D eigenvalue weighted by Crippen LogP contribution is 2.19. The molecular weight excluding hydrogens is 352 g/mol. The van der Waals surface area contributed by atoms with Crippen molar-refractivity contribution >= 4 is 40.1 Å². The smallest absolute Gasteiger partial charge is 0.255 e. The lowest BCUT2D eigenvalue weighted by Gasteiger charge is -2.14. The Balaban J connectivity index is 2.67. The van der Waals surface area contributed by atoms with Gasteiger partial charge in [0, 0.05) is 10.1 Å². The third-order valence-electron chi connectivity index (χ3n) is 2.38. The summed E-state index contributed by atoms with van der Waals surface area (Å²) < 4.78 is 0.900. The first kappa shape index (κ1) is 14.6. The summed E-state index contributed by atoms with van der Waals surface area (Å²) in [5.74, 6) is -0.0209. The third kappa shape index (κ3) is 4.35. The van der Waals surface area contributed by atoms with E-state index >= 15 is 0 Å². The molecule has 0 radical (unpaired) electrons. The number of phenolic OH excluding ortho intramolecular Hbond substituents is 1. The van der Waals surface area contributed by atoms with Crippen molar-refractivity contribution in [2.45, 2.75) is 19.2 Å². The quantitative estimate of drug-likeness (QED) is 0.635. The van der Waals surface area contributed by atoms with Crippen LogP contribution in [0.25, 0.3) is 0 Å². The van der Waals surface area contributed by atoms with Gasteiger partial charge in [-0.1, -0.05) is 13.8 Å². The first-order valence-electron chi connectivity index (χ1n) is 5.32. The first-order chi connectivity index (χ1) is 7.91. The van der Waals surface area contributed by atoms with Crippen LogP contribution < -0.4 is 5.32 Å². The van der Waals surface area contributed by atoms with Gasteiger partial charge < -0.3 is 10.4 Å². The Morgan fingerprint density at radius 3 is 2.76 bits per heavy atom. The zero-order chi connectivity index (χ0) is 13.0. The number of aromatic hydroxyl groups is 1. The summed E-state index contributed by atoms with van der Waals surface area (Å²) in [4.78, 5) is 11.8. The molecule has 2 N–H and O–H groups in total. The van der Waals surface area contributed by atoms with Crippen molar-refractivity contribution in [3.05, 3.63) is 27.3 Å². The number of nitrogens with one attached hydrogen (secondary N) is 1. The molecule has 0 saturated carbocycles. The second-order valence-corrected chi connectivity index (χ2v) is 5.94. The van der Waals surface area contributed by atoms with E-state index in [0.29, 0.717) is 12.5 Å². The minimum atomic E-state index is -0.299. The highest BCUT2D eigenvalue weighted by molar-refractivity contribution is 14.1. The van der Waals surface area contributed by atoms with E-state index in [1.165, 1.54) is 6.07 Å². The number of amides is 1. The van der Waals surface area contributed by atoms with Gasteiger partial charge in [-0.15, -0.1) is 11.6 Å². The Morgan fingerprint density at radius 2 is 2.18 bits per heavy atom. The first-order valence-corrected chi connectivity index (χ1v) is 6.84. The monoisotopic (exact) mass is 367 g/mol. The molecule has 3 nitrogen and oxygen atoms in total. The van der Waals surface area contributed by atoms with Crippen molar-refractivity contribution < 1.29 is 9.90 Å². The summed E-state index contributed by atoms with van der Waals surface area (Å²) in [6, 6.07) is 4.90. The maximum absolute atomic E-state index is 11.8. The molecule has 0 bridgehead atoms. The number of phenols is 1. The molecule has 0 saturated heterocycles. The van der Waals surface area contributed by atoms with E-state index in [9.17, 15) is 9.90 Å². The van der Waals surface area contributed by atoms with E-state index in [1.807, 2.05) is 13.8 Å². The van der Waals surface area contributed by atoms with Crippen molar-refractivity contribution in [3.8, 4) is 5.75 Å². The fraction of sp³-hybridized carbons (Fsp3) is 0.417. The number of hydrogen-bond donors (Lipinski definition) is 2. The lowest BCUT2D eigenvalue weighted by atomic mass is 10.1. The molecule has 0 fully saturated rings. The molecule has 0 aliphatic carbocycles. The summed E-state index contributed by atoms with van der Waals surface area (Å²) in [5.41, 5.74) is 0.282. The van der Waals surface area contributed by atoms with Crippen LogP contribution in [0, 0.1) is 9.49 Å². The van der Waals surface area contributed by atoms with E-state index in [1.54, 1.807) is 12.1 Å².